The van der Waals surface area contributed by atoms with Gasteiger partial charge in [0.1, 0.15) is 5.76 Å². The largest absolute Gasteiger partial charge is 0.465 e. The maximum absolute atomic E-state index is 13.4. The van der Waals surface area contributed by atoms with Crippen molar-refractivity contribution in [2.45, 2.75) is 19.9 Å². The van der Waals surface area contributed by atoms with Crippen molar-refractivity contribution in [2.75, 3.05) is 13.4 Å². The molecule has 2 aliphatic heterocycles. The van der Waals surface area contributed by atoms with Gasteiger partial charge < -0.3 is 18.6 Å². The van der Waals surface area contributed by atoms with E-state index in [-0.39, 0.29) is 19.0 Å². The Hall–Kier alpha value is -3.59. The van der Waals surface area contributed by atoms with E-state index in [2.05, 4.69) is 4.99 Å². The first-order valence-electron chi connectivity index (χ1n) is 9.69. The molecule has 0 bridgehead atoms. The van der Waals surface area contributed by atoms with Crippen LogP contribution in [-0.4, -0.2) is 23.9 Å². The molecule has 1 aromatic carbocycles. The van der Waals surface area contributed by atoms with Crippen LogP contribution in [0.3, 0.4) is 0 Å². The zero-order chi connectivity index (χ0) is 21.5. The van der Waals surface area contributed by atoms with Gasteiger partial charge in [0.25, 0.3) is 5.56 Å². The predicted molar refractivity (Wildman–Crippen MR) is 112 cm³/mol. The molecular weight excluding hydrogens is 420 g/mol. The lowest BCUT2D eigenvalue weighted by Gasteiger charge is -2.24. The number of aromatic nitrogens is 1. The molecule has 0 amide bonds. The number of ether oxygens (including phenoxy) is 3. The van der Waals surface area contributed by atoms with Crippen molar-refractivity contribution in [2.24, 2.45) is 4.99 Å². The van der Waals surface area contributed by atoms with E-state index < -0.39 is 12.0 Å². The molecule has 0 saturated carbocycles. The van der Waals surface area contributed by atoms with Gasteiger partial charge in [-0.1, -0.05) is 17.4 Å². The third-order valence-corrected chi connectivity index (χ3v) is 6.03. The molecule has 8 nitrogen and oxygen atoms in total. The fraction of sp³-hybridized carbons (Fsp3) is 0.227. The molecule has 2 aromatic heterocycles. The van der Waals surface area contributed by atoms with Gasteiger partial charge in [0.15, 0.2) is 16.3 Å². The van der Waals surface area contributed by atoms with Crippen LogP contribution in [0.1, 0.15) is 31.2 Å². The highest BCUT2D eigenvalue weighted by molar-refractivity contribution is 7.07. The number of esters is 1. The minimum atomic E-state index is -0.705. The smallest absolute Gasteiger partial charge is 0.338 e. The fourth-order valence-corrected chi connectivity index (χ4v) is 4.72. The van der Waals surface area contributed by atoms with Gasteiger partial charge in [-0.3, -0.25) is 9.36 Å². The summed E-state index contributed by atoms with van der Waals surface area (Å²) < 4.78 is 23.5. The second kappa shape index (κ2) is 7.59. The first-order valence-corrected chi connectivity index (χ1v) is 10.5. The Morgan fingerprint density at radius 2 is 2.16 bits per heavy atom. The minimum Gasteiger partial charge on any atom is -0.465 e. The van der Waals surface area contributed by atoms with Gasteiger partial charge in [-0.2, -0.15) is 0 Å². The summed E-state index contributed by atoms with van der Waals surface area (Å²) in [6, 6.07) is 8.19. The zero-order valence-electron chi connectivity index (χ0n) is 16.8. The second-order valence-corrected chi connectivity index (χ2v) is 7.94. The van der Waals surface area contributed by atoms with Gasteiger partial charge >= 0.3 is 5.97 Å². The van der Waals surface area contributed by atoms with Crippen LogP contribution in [0.25, 0.3) is 6.08 Å². The molecule has 0 saturated heterocycles. The minimum absolute atomic E-state index is 0.129. The van der Waals surface area contributed by atoms with E-state index in [1.54, 1.807) is 50.5 Å². The van der Waals surface area contributed by atoms with E-state index >= 15 is 0 Å². The van der Waals surface area contributed by atoms with Crippen LogP contribution in [0.15, 0.2) is 62.1 Å². The maximum atomic E-state index is 13.4. The summed E-state index contributed by atoms with van der Waals surface area (Å²) in [7, 11) is 0. The van der Waals surface area contributed by atoms with Gasteiger partial charge in [0.2, 0.25) is 6.79 Å². The second-order valence-electron chi connectivity index (χ2n) is 6.93. The molecule has 9 heteroatoms. The summed E-state index contributed by atoms with van der Waals surface area (Å²) >= 11 is 1.24. The van der Waals surface area contributed by atoms with Gasteiger partial charge in [0, 0.05) is 6.08 Å². The van der Waals surface area contributed by atoms with Crippen molar-refractivity contribution in [1.29, 1.82) is 0 Å². The van der Waals surface area contributed by atoms with Crippen LogP contribution in [0, 0.1) is 0 Å². The normalized spacial score (nSPS) is 17.5. The van der Waals surface area contributed by atoms with Crippen LogP contribution in [0.5, 0.6) is 11.5 Å². The number of nitrogens with zero attached hydrogens (tertiary/aromatic N) is 2. The SMILES string of the molecule is CCOC(=O)C1=C(C)N=c2s/c(=C\c3ccco3)c(=O)n2C1c1ccc2c(c1)OCO2. The van der Waals surface area contributed by atoms with Crippen molar-refractivity contribution < 1.29 is 23.4 Å². The molecule has 0 fully saturated rings. The Morgan fingerprint density at radius 1 is 1.32 bits per heavy atom. The number of fused-ring (bicyclic) bond motifs is 2. The first-order chi connectivity index (χ1) is 15.1. The molecule has 3 aromatic rings. The van der Waals surface area contributed by atoms with Crippen LogP contribution >= 0.6 is 11.3 Å². The molecule has 4 heterocycles. The highest BCUT2D eigenvalue weighted by atomic mass is 32.1. The fourth-order valence-electron chi connectivity index (χ4n) is 3.69. The van der Waals surface area contributed by atoms with Gasteiger partial charge in [-0.15, -0.1) is 0 Å². The lowest BCUT2D eigenvalue weighted by Crippen LogP contribution is -2.39. The molecule has 5 rings (SSSR count). The van der Waals surface area contributed by atoms with Crippen molar-refractivity contribution in [1.82, 2.24) is 4.57 Å². The third kappa shape index (κ3) is 3.27. The molecular formula is C22H18N2O6S. The van der Waals surface area contributed by atoms with Crippen molar-refractivity contribution >= 4 is 23.4 Å². The number of carbonyl (C=O) groups is 1. The number of carbonyl (C=O) groups excluding carboxylic acids is 1. The number of thiazole rings is 1. The number of hydrogen-bond donors (Lipinski definition) is 0. The highest BCUT2D eigenvalue weighted by Gasteiger charge is 2.34. The molecule has 0 N–H and O–H groups in total. The zero-order valence-corrected chi connectivity index (χ0v) is 17.6. The Bertz CT molecular complexity index is 1380. The van der Waals surface area contributed by atoms with Crippen LogP contribution in [0.2, 0.25) is 0 Å². The van der Waals surface area contributed by atoms with Crippen molar-refractivity contribution in [3.8, 4) is 11.5 Å². The van der Waals surface area contributed by atoms with Crippen LogP contribution in [0.4, 0.5) is 0 Å². The predicted octanol–water partition coefficient (Wildman–Crippen LogP) is 2.12. The van der Waals surface area contributed by atoms with E-state index in [9.17, 15) is 9.59 Å². The summed E-state index contributed by atoms with van der Waals surface area (Å²) in [6.45, 7) is 3.83. The number of hydrogen-bond acceptors (Lipinski definition) is 8. The van der Waals surface area contributed by atoms with Crippen molar-refractivity contribution in [3.05, 3.63) is 78.9 Å². The maximum Gasteiger partial charge on any atom is 0.338 e. The number of allylic oxidation sites excluding steroid dienone is 1. The number of rotatable bonds is 4. The molecule has 31 heavy (non-hydrogen) atoms. The molecule has 1 unspecified atom stereocenters. The summed E-state index contributed by atoms with van der Waals surface area (Å²) in [6.07, 6.45) is 3.21. The summed E-state index contributed by atoms with van der Waals surface area (Å²) in [5, 5.41) is 0. The average molecular weight is 438 g/mol. The topological polar surface area (TPSA) is 92.3 Å². The molecule has 0 radical (unpaired) electrons. The van der Waals surface area contributed by atoms with Gasteiger partial charge in [-0.05, 0) is 43.7 Å². The van der Waals surface area contributed by atoms with E-state index in [1.165, 1.54) is 15.9 Å². The third-order valence-electron chi connectivity index (χ3n) is 5.05. The van der Waals surface area contributed by atoms with Gasteiger partial charge in [0.05, 0.1) is 34.7 Å². The van der Waals surface area contributed by atoms with E-state index in [0.717, 1.165) is 0 Å². The average Bonchev–Trinajstić information content (AvgIpc) is 3.48. The summed E-state index contributed by atoms with van der Waals surface area (Å²) in [4.78, 5) is 31.3. The quantitative estimate of drug-likeness (QED) is 0.580. The van der Waals surface area contributed by atoms with E-state index in [4.69, 9.17) is 18.6 Å². The lowest BCUT2D eigenvalue weighted by atomic mass is 9.95. The Kier molecular flexibility index (Phi) is 4.74. The summed E-state index contributed by atoms with van der Waals surface area (Å²) in [5.74, 6) is 1.23. The standard InChI is InChI=1S/C22H18N2O6S/c1-3-27-21(26)18-12(2)23-22-24(20(25)17(31-22)10-14-5-4-8-28-14)19(18)13-6-7-15-16(9-13)30-11-29-15/h4-10,19H,3,11H2,1-2H3/b17-10-. The molecule has 0 aliphatic carbocycles. The number of benzene rings is 1. The van der Waals surface area contributed by atoms with Gasteiger partial charge in [-0.25, -0.2) is 9.79 Å². The van der Waals surface area contributed by atoms with Crippen molar-refractivity contribution in [3.63, 3.8) is 0 Å². The lowest BCUT2D eigenvalue weighted by molar-refractivity contribution is -0.139. The van der Waals surface area contributed by atoms with Crippen LogP contribution in [-0.2, 0) is 9.53 Å². The Labute approximate surface area is 180 Å². The Balaban J connectivity index is 1.74. The highest BCUT2D eigenvalue weighted by Crippen LogP contribution is 2.38. The van der Waals surface area contributed by atoms with E-state index in [0.29, 0.717) is 43.4 Å². The molecule has 2 aliphatic rings. The molecule has 0 spiro atoms. The first kappa shape index (κ1) is 19.4. The van der Waals surface area contributed by atoms with E-state index in [1.807, 2.05) is 6.07 Å². The summed E-state index contributed by atoms with van der Waals surface area (Å²) in [5.41, 5.74) is 1.26. The Morgan fingerprint density at radius 3 is 2.94 bits per heavy atom. The van der Waals surface area contributed by atoms with Crippen LogP contribution < -0.4 is 24.4 Å². The number of furan rings is 1. The molecule has 1 atom stereocenters. The monoisotopic (exact) mass is 438 g/mol. The molecule has 158 valence electrons.